The number of halogens is 4. The molecule has 6 aromatic rings. The van der Waals surface area contributed by atoms with E-state index in [0.29, 0.717) is 16.7 Å². The summed E-state index contributed by atoms with van der Waals surface area (Å²) in [6.07, 6.45) is -5.83. The molecule has 34 nitrogen and oxygen atoms in total. The van der Waals surface area contributed by atoms with Crippen LogP contribution in [0.1, 0.15) is 71.6 Å². The second-order valence-corrected chi connectivity index (χ2v) is 22.9. The van der Waals surface area contributed by atoms with Crippen molar-refractivity contribution < 1.29 is 228 Å². The molecule has 6 aromatic carbocycles. The minimum Gasteiger partial charge on any atom is -1.00 e. The van der Waals surface area contributed by atoms with Crippen molar-refractivity contribution in [2.45, 2.75) is 62.8 Å². The molecule has 101 heavy (non-hydrogen) atoms. The number of aromatic carboxylic acids is 1. The average Bonchev–Trinajstić information content (AvgIpc) is 0.922. The van der Waals surface area contributed by atoms with Crippen LogP contribution >= 0.6 is 34.2 Å². The Bertz CT molecular complexity index is 3610. The molecule has 0 fully saturated rings. The molecule has 0 heterocycles. The zero-order chi connectivity index (χ0) is 71.7. The molecular formula is C57H59AgCaCl3IN5Na2O29S2. The Morgan fingerprint density at radius 3 is 1.07 bits per heavy atom. The topological polar surface area (TPSA) is 505 Å². The number of nitrogens with one attached hydrogen (secondary N) is 1. The van der Waals surface area contributed by atoms with E-state index in [4.69, 9.17) is 60.3 Å². The maximum absolute atomic E-state index is 11.8. The number of nitrogens with zero attached hydrogens (tertiary/aromatic N) is 3. The number of nitrogens with two attached hydrogens (primary N) is 1. The van der Waals surface area contributed by atoms with Gasteiger partial charge in [0.1, 0.15) is 17.2 Å². The Morgan fingerprint density at radius 2 is 0.802 bits per heavy atom. The monoisotopic (exact) mass is 1770 g/mol. The first kappa shape index (κ1) is 106. The normalized spacial score (nSPS) is 10.7. The van der Waals surface area contributed by atoms with Gasteiger partial charge in [0, 0.05) is 90.7 Å². The quantitative estimate of drug-likeness (QED) is 0.00547. The Labute approximate surface area is 698 Å². The molecule has 0 saturated heterocycles. The van der Waals surface area contributed by atoms with Crippen molar-refractivity contribution in [3.05, 3.63) is 211 Å². The molecule has 4 atom stereocenters. The fourth-order valence-corrected chi connectivity index (χ4v) is 7.07. The van der Waals surface area contributed by atoms with Crippen LogP contribution in [0.5, 0.6) is 17.2 Å². The number of carboxylic acids is 1. The zero-order valence-electron chi connectivity index (χ0n) is 53.8. The summed E-state index contributed by atoms with van der Waals surface area (Å²) >= 11 is 7.30. The number of amides is 1. The zero-order valence-corrected chi connectivity index (χ0v) is 67.5. The number of esters is 2. The van der Waals surface area contributed by atoms with Crippen LogP contribution in [-0.4, -0.2) is 173 Å². The summed E-state index contributed by atoms with van der Waals surface area (Å²) in [6.45, 7) is 6.07. The Morgan fingerprint density at radius 1 is 0.505 bits per heavy atom. The van der Waals surface area contributed by atoms with Gasteiger partial charge in [-0.2, -0.15) is 0 Å². The van der Waals surface area contributed by atoms with Crippen LogP contribution in [0.15, 0.2) is 164 Å². The maximum atomic E-state index is 11.8. The van der Waals surface area contributed by atoms with Crippen molar-refractivity contribution in [2.24, 2.45) is 5.73 Å². The molecule has 0 saturated carbocycles. The molecule has 4 N–H and O–H groups in total. The molecule has 541 valence electrons. The maximum Gasteiger partial charge on any atom is 2.00 e. The third kappa shape index (κ3) is 54.7. The van der Waals surface area contributed by atoms with Crippen LogP contribution in [0.3, 0.4) is 0 Å². The van der Waals surface area contributed by atoms with Crippen molar-refractivity contribution in [3.8, 4) is 17.2 Å². The number of ether oxygens (including phenoxy) is 9. The third-order valence-electron chi connectivity index (χ3n) is 9.82. The summed E-state index contributed by atoms with van der Waals surface area (Å²) in [6, 6.07) is 39.7. The second kappa shape index (κ2) is 58.7. The fraction of sp³-hybridized carbons (Fsp3) is 0.246. The van der Waals surface area contributed by atoms with Crippen molar-refractivity contribution in [1.29, 1.82) is 0 Å². The predicted molar refractivity (Wildman–Crippen MR) is 343 cm³/mol. The SMILES string of the molecule is CC(Cl)OC(=O)Oc1ccc([N+](=O)[O-])cc1.CC(I)OC(=O)Oc1ccc([N+](=O)[O-])cc1.CC(OC(=O)NCCCS(=O)(=O)[O-])OC(=O)c1ccccc1.CC(OC(=O)Oc1ccc([N+](=O)[O-])cc1)OC(=O)c1ccccc1.NCCCS(=O)(=O)[O-].O=C(O)c1ccccc1.[Ag].[Ca+2].[Cl-].[Cl-].[Na+].[Na+]. The van der Waals surface area contributed by atoms with E-state index in [-0.39, 0.29) is 214 Å². The molecule has 4 unspecified atom stereocenters. The molecule has 0 aliphatic carbocycles. The first-order chi connectivity index (χ1) is 44.6. The van der Waals surface area contributed by atoms with Gasteiger partial charge in [0.05, 0.1) is 51.7 Å². The van der Waals surface area contributed by atoms with E-state index in [1.165, 1.54) is 93.6 Å². The van der Waals surface area contributed by atoms with Gasteiger partial charge in [-0.1, -0.05) is 66.2 Å². The van der Waals surface area contributed by atoms with E-state index >= 15 is 0 Å². The molecular weight excluding hydrogens is 1710 g/mol. The summed E-state index contributed by atoms with van der Waals surface area (Å²) in [5, 5.41) is 41.8. The number of hydrogen-bond donors (Lipinski definition) is 3. The van der Waals surface area contributed by atoms with Gasteiger partial charge in [-0.15, -0.1) is 0 Å². The minimum atomic E-state index is -4.30. The second-order valence-electron chi connectivity index (χ2n) is 17.4. The molecule has 0 aliphatic heterocycles. The Kier molecular flexibility index (Phi) is 61.9. The number of alkyl halides is 2. The summed E-state index contributed by atoms with van der Waals surface area (Å²) in [5.74, 6) is -2.68. The van der Waals surface area contributed by atoms with E-state index < -0.39 is 101 Å². The Balaban J connectivity index is -0.000000274. The van der Waals surface area contributed by atoms with E-state index in [9.17, 15) is 89.8 Å². The number of alkyl carbamates (subject to hydrolysis) is 1. The van der Waals surface area contributed by atoms with Crippen LogP contribution in [0.2, 0.25) is 0 Å². The first-order valence-corrected chi connectivity index (χ1v) is 31.4. The minimum absolute atomic E-state index is 0. The number of benzene rings is 6. The standard InChI is InChI=1S/C16H13NO7.C13H17NO7S.C9H8ClNO5.C9H8INO5.C7H6O2.C3H9NO3S.Ag.Ca.2ClH.2Na/c1-11(22-15(18)12-5-3-2-4-6-12)23-16(19)24-14-9-7-13(8-10-14)17(20)21;1-10(20-12(15)11-6-3-2-4-7-11)21-13(16)14-8-5-9-22(17,18)19;2*1-6(10)15-9(12)16-8-4-2-7(3-5-8)11(13)14;8-7(9)6-4-2-1-3-5-6;4-2-1-3-8(5,6)7;;;;;;/h2-11H,1H3;2-4,6-7,10H,5,8-9H2,1H3,(H,14,16)(H,17,18,19);2*2-6H,1H3;1-5H,(H,8,9);1-4H2,(H,5,6,7);;;2*1H;;/q;;;;;;;+2;;;2*+1/p-4. The number of carbonyl (C=O) groups is 7. The third-order valence-corrected chi connectivity index (χ3v) is 11.7. The number of rotatable bonds is 22. The summed E-state index contributed by atoms with van der Waals surface area (Å²) in [4.78, 5) is 108. The van der Waals surface area contributed by atoms with Crippen LogP contribution in [-0.2, 0) is 71.0 Å². The number of nitro groups is 3. The van der Waals surface area contributed by atoms with Gasteiger partial charge in [-0.3, -0.25) is 30.3 Å². The summed E-state index contributed by atoms with van der Waals surface area (Å²) < 4.78 is 103. The fourth-order valence-electron chi connectivity index (χ4n) is 5.78. The molecule has 1 radical (unpaired) electrons. The molecule has 0 aliphatic rings. The van der Waals surface area contributed by atoms with Crippen molar-refractivity contribution in [1.82, 2.24) is 5.32 Å². The van der Waals surface area contributed by atoms with Crippen LogP contribution in [0, 0.1) is 30.3 Å². The van der Waals surface area contributed by atoms with Gasteiger partial charge in [0.25, 0.3) is 17.1 Å². The first-order valence-electron chi connectivity index (χ1n) is 26.6. The Hall–Kier alpha value is -5.61. The molecule has 0 aromatic heterocycles. The van der Waals surface area contributed by atoms with E-state index in [1.54, 1.807) is 97.9 Å². The van der Waals surface area contributed by atoms with E-state index in [1.807, 2.05) is 22.6 Å². The molecule has 0 spiro atoms. The van der Waals surface area contributed by atoms with Gasteiger partial charge in [0.2, 0.25) is 12.6 Å². The van der Waals surface area contributed by atoms with Gasteiger partial charge in [-0.05, 0) is 129 Å². The summed E-state index contributed by atoms with van der Waals surface area (Å²) in [5.41, 5.74) is 4.80. The smallest absolute Gasteiger partial charge is 1.00 e. The van der Waals surface area contributed by atoms with Gasteiger partial charge in [0.15, 0.2) is 9.67 Å². The number of carbonyl (C=O) groups excluding carboxylic acids is 6. The van der Waals surface area contributed by atoms with Gasteiger partial charge < -0.3 is 92.7 Å². The molecule has 6 rings (SSSR count). The number of carboxylic acid groups (broad SMARTS) is 1. The van der Waals surface area contributed by atoms with Crippen LogP contribution in [0.4, 0.5) is 36.2 Å². The largest absolute Gasteiger partial charge is 2.00 e. The molecule has 1 amide bonds. The van der Waals surface area contributed by atoms with E-state index in [2.05, 4.69) is 10.1 Å². The van der Waals surface area contributed by atoms with E-state index in [0.717, 1.165) is 0 Å². The number of non-ortho nitro benzene ring substituents is 3. The van der Waals surface area contributed by atoms with Gasteiger partial charge >= 0.3 is 139 Å². The molecule has 0 bridgehead atoms. The molecule has 44 heteroatoms. The van der Waals surface area contributed by atoms with Crippen LogP contribution in [0.25, 0.3) is 0 Å². The van der Waals surface area contributed by atoms with Crippen molar-refractivity contribution in [2.75, 3.05) is 24.6 Å². The number of nitro benzene ring substituents is 3. The number of hydrogen-bond acceptors (Lipinski definition) is 29. The van der Waals surface area contributed by atoms with Gasteiger partial charge in [-0.25, -0.2) is 50.4 Å². The van der Waals surface area contributed by atoms with Crippen LogP contribution < -0.4 is 109 Å². The average molecular weight is 1770 g/mol. The van der Waals surface area contributed by atoms with Crippen molar-refractivity contribution >= 4 is 152 Å². The predicted octanol–water partition coefficient (Wildman–Crippen LogP) is -2.35. The summed E-state index contributed by atoms with van der Waals surface area (Å²) in [7, 11) is -8.32. The van der Waals surface area contributed by atoms with Crippen molar-refractivity contribution in [3.63, 3.8) is 0 Å².